The van der Waals surface area contributed by atoms with Crippen LogP contribution in [0, 0.1) is 5.92 Å². The van der Waals surface area contributed by atoms with Crippen molar-refractivity contribution in [3.63, 3.8) is 0 Å². The van der Waals surface area contributed by atoms with E-state index < -0.39 is 0 Å². The molecular weight excluding hydrogens is 206 g/mol. The molecular formula is C10H17N5O. The van der Waals surface area contributed by atoms with Gasteiger partial charge in [-0.15, -0.1) is 10.2 Å². The summed E-state index contributed by atoms with van der Waals surface area (Å²) < 4.78 is 0. The van der Waals surface area contributed by atoms with E-state index in [1.54, 1.807) is 0 Å². The first-order chi connectivity index (χ1) is 7.81. The lowest BCUT2D eigenvalue weighted by molar-refractivity contribution is 0.0894. The number of carbonyl (C=O) groups excluding carboxylic acids is 1. The summed E-state index contributed by atoms with van der Waals surface area (Å²) in [6.45, 7) is 2.17. The molecule has 6 nitrogen and oxygen atoms in total. The Morgan fingerprint density at radius 3 is 3.00 bits per heavy atom. The second-order valence-electron chi connectivity index (χ2n) is 4.27. The number of rotatable bonds is 3. The van der Waals surface area contributed by atoms with Crippen molar-refractivity contribution >= 4 is 5.91 Å². The van der Waals surface area contributed by atoms with Gasteiger partial charge in [-0.1, -0.05) is 26.2 Å². The van der Waals surface area contributed by atoms with Gasteiger partial charge in [-0.25, -0.2) is 0 Å². The Bertz CT molecular complexity index is 337. The molecule has 2 N–H and O–H groups in total. The van der Waals surface area contributed by atoms with E-state index in [0.717, 1.165) is 12.8 Å². The van der Waals surface area contributed by atoms with Gasteiger partial charge in [-0.2, -0.15) is 5.21 Å². The Morgan fingerprint density at radius 1 is 1.50 bits per heavy atom. The van der Waals surface area contributed by atoms with Gasteiger partial charge in [-0.3, -0.25) is 4.79 Å². The summed E-state index contributed by atoms with van der Waals surface area (Å²) in [7, 11) is 0. The van der Waals surface area contributed by atoms with Crippen LogP contribution < -0.4 is 5.32 Å². The second-order valence-corrected chi connectivity index (χ2v) is 4.27. The van der Waals surface area contributed by atoms with E-state index in [4.69, 9.17) is 0 Å². The fourth-order valence-corrected chi connectivity index (χ4v) is 2.38. The maximum Gasteiger partial charge on any atom is 0.293 e. The Labute approximate surface area is 94.2 Å². The van der Waals surface area contributed by atoms with E-state index in [1.807, 2.05) is 0 Å². The molecule has 2 rings (SSSR count). The number of nitrogens with zero attached hydrogens (tertiary/aromatic N) is 3. The van der Waals surface area contributed by atoms with Crippen LogP contribution in [0.2, 0.25) is 0 Å². The van der Waals surface area contributed by atoms with E-state index >= 15 is 0 Å². The smallest absolute Gasteiger partial charge is 0.293 e. The Balaban J connectivity index is 1.95. The molecule has 6 heteroatoms. The zero-order valence-corrected chi connectivity index (χ0v) is 9.44. The van der Waals surface area contributed by atoms with Crippen molar-refractivity contribution in [3.05, 3.63) is 5.82 Å². The van der Waals surface area contributed by atoms with E-state index in [-0.39, 0.29) is 17.8 Å². The van der Waals surface area contributed by atoms with Crippen LogP contribution in [-0.2, 0) is 0 Å². The molecule has 1 aliphatic carbocycles. The SMILES string of the molecule is CCC1CCCCC1NC(=O)c1nn[nH]n1. The molecule has 2 unspecified atom stereocenters. The molecule has 0 saturated heterocycles. The molecule has 0 bridgehead atoms. The van der Waals surface area contributed by atoms with Crippen LogP contribution in [0.5, 0.6) is 0 Å². The van der Waals surface area contributed by atoms with Crippen molar-refractivity contribution in [1.29, 1.82) is 0 Å². The molecule has 0 aromatic carbocycles. The van der Waals surface area contributed by atoms with E-state index in [1.165, 1.54) is 19.3 Å². The number of H-pyrrole nitrogens is 1. The van der Waals surface area contributed by atoms with Gasteiger partial charge >= 0.3 is 0 Å². The summed E-state index contributed by atoms with van der Waals surface area (Å²) in [5, 5.41) is 16.0. The lowest BCUT2D eigenvalue weighted by atomic mass is 9.83. The van der Waals surface area contributed by atoms with Crippen LogP contribution in [0.4, 0.5) is 0 Å². The number of hydrogen-bond acceptors (Lipinski definition) is 4. The monoisotopic (exact) mass is 223 g/mol. The van der Waals surface area contributed by atoms with Crippen molar-refractivity contribution in [2.24, 2.45) is 5.92 Å². The van der Waals surface area contributed by atoms with Gasteiger partial charge in [0.15, 0.2) is 0 Å². The minimum Gasteiger partial charge on any atom is -0.346 e. The van der Waals surface area contributed by atoms with Crippen LogP contribution in [-0.4, -0.2) is 32.6 Å². The predicted octanol–water partition coefficient (Wildman–Crippen LogP) is 0.898. The summed E-state index contributed by atoms with van der Waals surface area (Å²) in [6.07, 6.45) is 5.83. The highest BCUT2D eigenvalue weighted by Gasteiger charge is 2.26. The molecule has 2 atom stereocenters. The molecule has 1 aromatic heterocycles. The van der Waals surface area contributed by atoms with Gasteiger partial charge in [0, 0.05) is 6.04 Å². The van der Waals surface area contributed by atoms with Crippen LogP contribution >= 0.6 is 0 Å². The standard InChI is InChI=1S/C10H17N5O/c1-2-7-5-3-4-6-8(7)11-10(16)9-12-14-15-13-9/h7-8H,2-6H2,1H3,(H,11,16)(H,12,13,14,15). The highest BCUT2D eigenvalue weighted by Crippen LogP contribution is 2.26. The lowest BCUT2D eigenvalue weighted by Gasteiger charge is -2.31. The first-order valence-electron chi connectivity index (χ1n) is 5.85. The van der Waals surface area contributed by atoms with Gasteiger partial charge < -0.3 is 5.32 Å². The number of aromatic nitrogens is 4. The average Bonchev–Trinajstić information content (AvgIpc) is 2.83. The fourth-order valence-electron chi connectivity index (χ4n) is 2.38. The summed E-state index contributed by atoms with van der Waals surface area (Å²) in [5.74, 6) is 0.490. The van der Waals surface area contributed by atoms with Crippen molar-refractivity contribution in [2.45, 2.75) is 45.1 Å². The van der Waals surface area contributed by atoms with Crippen molar-refractivity contribution < 1.29 is 4.79 Å². The number of tetrazole rings is 1. The number of aromatic amines is 1. The quantitative estimate of drug-likeness (QED) is 0.797. The zero-order valence-electron chi connectivity index (χ0n) is 9.44. The van der Waals surface area contributed by atoms with Gasteiger partial charge in [-0.05, 0) is 24.0 Å². The molecule has 1 heterocycles. The van der Waals surface area contributed by atoms with Crippen LogP contribution in [0.1, 0.15) is 49.6 Å². The van der Waals surface area contributed by atoms with Crippen LogP contribution in [0.15, 0.2) is 0 Å². The maximum absolute atomic E-state index is 11.7. The lowest BCUT2D eigenvalue weighted by Crippen LogP contribution is -2.42. The van der Waals surface area contributed by atoms with Crippen molar-refractivity contribution in [2.75, 3.05) is 0 Å². The minimum absolute atomic E-state index is 0.125. The minimum atomic E-state index is -0.223. The topological polar surface area (TPSA) is 83.6 Å². The molecule has 0 spiro atoms. The Kier molecular flexibility index (Phi) is 3.48. The summed E-state index contributed by atoms with van der Waals surface area (Å²) in [6, 6.07) is 0.268. The molecule has 16 heavy (non-hydrogen) atoms. The zero-order chi connectivity index (χ0) is 11.4. The van der Waals surface area contributed by atoms with E-state index in [0.29, 0.717) is 5.92 Å². The molecule has 1 saturated carbocycles. The Hall–Kier alpha value is -1.46. The second kappa shape index (κ2) is 5.05. The molecule has 1 amide bonds. The molecule has 1 fully saturated rings. The van der Waals surface area contributed by atoms with Crippen molar-refractivity contribution in [3.8, 4) is 0 Å². The predicted molar refractivity (Wildman–Crippen MR) is 57.7 cm³/mol. The highest BCUT2D eigenvalue weighted by atomic mass is 16.2. The maximum atomic E-state index is 11.7. The van der Waals surface area contributed by atoms with Gasteiger partial charge in [0.2, 0.25) is 0 Å². The van der Waals surface area contributed by atoms with Crippen LogP contribution in [0.25, 0.3) is 0 Å². The number of nitrogens with one attached hydrogen (secondary N) is 2. The normalized spacial score (nSPS) is 25.3. The first kappa shape index (κ1) is 11.0. The third-order valence-electron chi connectivity index (χ3n) is 3.30. The molecule has 88 valence electrons. The summed E-state index contributed by atoms with van der Waals surface area (Å²) >= 11 is 0. The van der Waals surface area contributed by atoms with Gasteiger partial charge in [0.25, 0.3) is 11.7 Å². The van der Waals surface area contributed by atoms with E-state index in [9.17, 15) is 4.79 Å². The molecule has 1 aromatic rings. The molecule has 1 aliphatic rings. The molecule has 0 aliphatic heterocycles. The third-order valence-corrected chi connectivity index (χ3v) is 3.30. The van der Waals surface area contributed by atoms with Crippen molar-refractivity contribution in [1.82, 2.24) is 25.9 Å². The summed E-state index contributed by atoms with van der Waals surface area (Å²) in [5.41, 5.74) is 0. The van der Waals surface area contributed by atoms with E-state index in [2.05, 4.69) is 32.9 Å². The first-order valence-corrected chi connectivity index (χ1v) is 5.85. The average molecular weight is 223 g/mol. The number of carbonyl (C=O) groups is 1. The molecule has 0 radical (unpaired) electrons. The summed E-state index contributed by atoms with van der Waals surface area (Å²) in [4.78, 5) is 11.7. The van der Waals surface area contributed by atoms with Gasteiger partial charge in [0.05, 0.1) is 0 Å². The fraction of sp³-hybridized carbons (Fsp3) is 0.800. The third kappa shape index (κ3) is 2.37. The highest BCUT2D eigenvalue weighted by molar-refractivity contribution is 5.90. The number of hydrogen-bond donors (Lipinski definition) is 2. The largest absolute Gasteiger partial charge is 0.346 e. The van der Waals surface area contributed by atoms with Crippen LogP contribution in [0.3, 0.4) is 0 Å². The Morgan fingerprint density at radius 2 is 2.31 bits per heavy atom. The van der Waals surface area contributed by atoms with Gasteiger partial charge in [0.1, 0.15) is 0 Å². The number of amides is 1.